The summed E-state index contributed by atoms with van der Waals surface area (Å²) in [6, 6.07) is 8.44. The topological polar surface area (TPSA) is 76.8 Å². The first-order chi connectivity index (χ1) is 12.9. The largest absolute Gasteiger partial charge is 0.489 e. The lowest BCUT2D eigenvalue weighted by atomic mass is 9.92. The highest BCUT2D eigenvalue weighted by Crippen LogP contribution is 2.28. The maximum absolute atomic E-state index is 13.0. The molecule has 1 saturated heterocycles. The number of benzene rings is 1. The molecule has 1 aromatic carbocycles. The van der Waals surface area contributed by atoms with Crippen LogP contribution in [0.2, 0.25) is 0 Å². The molecule has 2 aromatic rings. The number of fused-ring (bicyclic) bond motifs is 1. The highest BCUT2D eigenvalue weighted by Gasteiger charge is 2.34. The van der Waals surface area contributed by atoms with Gasteiger partial charge in [0.25, 0.3) is 0 Å². The zero-order valence-corrected chi connectivity index (χ0v) is 16.1. The van der Waals surface area contributed by atoms with E-state index in [2.05, 4.69) is 0 Å². The van der Waals surface area contributed by atoms with Crippen LogP contribution in [0.25, 0.3) is 0 Å². The fraction of sp³-hybridized carbons (Fsp3) is 0.450. The molecule has 1 unspecified atom stereocenters. The number of ether oxygens (including phenoxy) is 1. The number of hydrogen-bond donors (Lipinski definition) is 0. The van der Waals surface area contributed by atoms with Gasteiger partial charge in [-0.25, -0.2) is 13.2 Å². The summed E-state index contributed by atoms with van der Waals surface area (Å²) in [5.41, 5.74) is 1.95. The monoisotopic (exact) mass is 389 g/mol. The van der Waals surface area contributed by atoms with E-state index in [1.54, 1.807) is 19.1 Å². The van der Waals surface area contributed by atoms with Crippen LogP contribution in [-0.2, 0) is 22.9 Å². The maximum Gasteiger partial charge on any atom is 0.339 e. The Hall–Kier alpha value is -2.12. The first kappa shape index (κ1) is 18.3. The van der Waals surface area contributed by atoms with Gasteiger partial charge in [-0.05, 0) is 62.3 Å². The smallest absolute Gasteiger partial charge is 0.339 e. The molecule has 1 atom stereocenters. The zero-order valence-electron chi connectivity index (χ0n) is 15.3. The van der Waals surface area contributed by atoms with Crippen molar-refractivity contribution in [1.29, 1.82) is 0 Å². The molecule has 1 aromatic heterocycles. The Morgan fingerprint density at radius 2 is 1.89 bits per heavy atom. The van der Waals surface area contributed by atoms with Crippen LogP contribution in [0.5, 0.6) is 5.75 Å². The van der Waals surface area contributed by atoms with Crippen LogP contribution in [-0.4, -0.2) is 31.9 Å². The molecule has 0 amide bonds. The summed E-state index contributed by atoms with van der Waals surface area (Å²) >= 11 is 0. The molecule has 1 aliphatic carbocycles. The quantitative estimate of drug-likeness (QED) is 0.803. The number of sulfonamides is 1. The third-order valence-electron chi connectivity index (χ3n) is 5.24. The van der Waals surface area contributed by atoms with Crippen LogP contribution in [0.3, 0.4) is 0 Å². The van der Waals surface area contributed by atoms with Crippen molar-refractivity contribution in [2.75, 3.05) is 13.1 Å². The van der Waals surface area contributed by atoms with E-state index in [0.29, 0.717) is 29.4 Å². The normalized spacial score (nSPS) is 20.4. The van der Waals surface area contributed by atoms with E-state index in [1.807, 2.05) is 12.1 Å². The van der Waals surface area contributed by atoms with E-state index in [-0.39, 0.29) is 12.6 Å². The molecule has 4 rings (SSSR count). The molecule has 2 aliphatic rings. The molecular formula is C20H23NO5S. The molecule has 144 valence electrons. The Balaban J connectivity index is 1.50. The molecule has 0 bridgehead atoms. The molecular weight excluding hydrogens is 366 g/mol. The van der Waals surface area contributed by atoms with E-state index >= 15 is 0 Å². The summed E-state index contributed by atoms with van der Waals surface area (Å²) in [6.07, 6.45) is 4.56. The van der Waals surface area contributed by atoms with Crippen LogP contribution < -0.4 is 10.4 Å². The van der Waals surface area contributed by atoms with E-state index in [4.69, 9.17) is 9.15 Å². The molecule has 7 heteroatoms. The predicted molar refractivity (Wildman–Crippen MR) is 101 cm³/mol. The average molecular weight is 389 g/mol. The fourth-order valence-electron chi connectivity index (χ4n) is 3.87. The van der Waals surface area contributed by atoms with Gasteiger partial charge >= 0.3 is 5.63 Å². The van der Waals surface area contributed by atoms with Gasteiger partial charge in [0.15, 0.2) is 0 Å². The molecule has 0 N–H and O–H groups in total. The Morgan fingerprint density at radius 1 is 1.11 bits per heavy atom. The Bertz CT molecular complexity index is 1010. The molecule has 6 nitrogen and oxygen atoms in total. The van der Waals surface area contributed by atoms with Gasteiger partial charge in [-0.3, -0.25) is 0 Å². The molecule has 1 fully saturated rings. The van der Waals surface area contributed by atoms with Crippen molar-refractivity contribution in [1.82, 2.24) is 4.31 Å². The molecule has 0 radical (unpaired) electrons. The maximum atomic E-state index is 13.0. The summed E-state index contributed by atoms with van der Waals surface area (Å²) < 4.78 is 38.3. The third kappa shape index (κ3) is 3.80. The third-order valence-corrected chi connectivity index (χ3v) is 7.10. The van der Waals surface area contributed by atoms with E-state index in [0.717, 1.165) is 24.8 Å². The van der Waals surface area contributed by atoms with Gasteiger partial charge in [0.1, 0.15) is 17.6 Å². The zero-order chi connectivity index (χ0) is 19.0. The Kier molecular flexibility index (Phi) is 4.82. The van der Waals surface area contributed by atoms with Crippen molar-refractivity contribution in [2.45, 2.75) is 50.0 Å². The van der Waals surface area contributed by atoms with Gasteiger partial charge in [-0.2, -0.15) is 4.31 Å². The average Bonchev–Trinajstić information content (AvgIpc) is 3.09. The van der Waals surface area contributed by atoms with Gasteiger partial charge in [0.2, 0.25) is 10.0 Å². The molecule has 0 spiro atoms. The summed E-state index contributed by atoms with van der Waals surface area (Å²) in [5.74, 6) is 0.885. The number of rotatable bonds is 4. The standard InChI is InChI=1S/C20H23NO5S/c1-14-10-18(12-20(22)25-14)26-17-8-9-21(13-17)27(23,24)19-7-6-15-4-2-3-5-16(15)11-19/h6-7,10-12,17H,2-5,8-9,13H2,1H3. The minimum absolute atomic E-state index is 0.276. The minimum Gasteiger partial charge on any atom is -0.489 e. The second-order valence-electron chi connectivity index (χ2n) is 7.25. The van der Waals surface area contributed by atoms with Crippen LogP contribution in [0.4, 0.5) is 0 Å². The second kappa shape index (κ2) is 7.13. The minimum atomic E-state index is -3.54. The van der Waals surface area contributed by atoms with Crippen LogP contribution in [0.15, 0.2) is 44.4 Å². The Morgan fingerprint density at radius 3 is 2.67 bits per heavy atom. The van der Waals surface area contributed by atoms with Crippen molar-refractivity contribution in [3.8, 4) is 5.75 Å². The molecule has 2 heterocycles. The van der Waals surface area contributed by atoms with E-state index < -0.39 is 15.6 Å². The summed E-state index contributed by atoms with van der Waals surface area (Å²) in [6.45, 7) is 2.36. The summed E-state index contributed by atoms with van der Waals surface area (Å²) in [7, 11) is -3.54. The summed E-state index contributed by atoms with van der Waals surface area (Å²) in [5, 5.41) is 0. The van der Waals surface area contributed by atoms with Gasteiger partial charge in [-0.15, -0.1) is 0 Å². The number of aryl methyl sites for hydroxylation is 3. The van der Waals surface area contributed by atoms with Gasteiger partial charge in [-0.1, -0.05) is 6.07 Å². The van der Waals surface area contributed by atoms with E-state index in [9.17, 15) is 13.2 Å². The lowest BCUT2D eigenvalue weighted by molar-refractivity contribution is 0.213. The molecule has 1 aliphatic heterocycles. The van der Waals surface area contributed by atoms with Crippen LogP contribution in [0, 0.1) is 6.92 Å². The van der Waals surface area contributed by atoms with Crippen LogP contribution >= 0.6 is 0 Å². The summed E-state index contributed by atoms with van der Waals surface area (Å²) in [4.78, 5) is 11.8. The van der Waals surface area contributed by atoms with Crippen molar-refractivity contribution in [3.63, 3.8) is 0 Å². The fourth-order valence-corrected chi connectivity index (χ4v) is 5.41. The number of nitrogens with zero attached hydrogens (tertiary/aromatic N) is 1. The van der Waals surface area contributed by atoms with E-state index in [1.165, 1.54) is 22.4 Å². The van der Waals surface area contributed by atoms with Gasteiger partial charge in [0, 0.05) is 12.6 Å². The lowest BCUT2D eigenvalue weighted by Crippen LogP contribution is -2.31. The Labute approximate surface area is 158 Å². The van der Waals surface area contributed by atoms with Crippen molar-refractivity contribution < 1.29 is 17.6 Å². The second-order valence-corrected chi connectivity index (χ2v) is 9.19. The van der Waals surface area contributed by atoms with Crippen molar-refractivity contribution >= 4 is 10.0 Å². The van der Waals surface area contributed by atoms with Gasteiger partial charge < -0.3 is 9.15 Å². The van der Waals surface area contributed by atoms with Crippen molar-refractivity contribution in [2.24, 2.45) is 0 Å². The number of hydrogen-bond acceptors (Lipinski definition) is 5. The molecule has 27 heavy (non-hydrogen) atoms. The lowest BCUT2D eigenvalue weighted by Gasteiger charge is -2.20. The highest BCUT2D eigenvalue weighted by molar-refractivity contribution is 7.89. The van der Waals surface area contributed by atoms with Crippen molar-refractivity contribution in [3.05, 3.63) is 57.6 Å². The first-order valence-corrected chi connectivity index (χ1v) is 10.8. The molecule has 0 saturated carbocycles. The predicted octanol–water partition coefficient (Wildman–Crippen LogP) is 2.67. The van der Waals surface area contributed by atoms with Gasteiger partial charge in [0.05, 0.1) is 17.5 Å². The highest BCUT2D eigenvalue weighted by atomic mass is 32.2. The first-order valence-electron chi connectivity index (χ1n) is 9.32. The SMILES string of the molecule is Cc1cc(OC2CCN(S(=O)(=O)c3ccc4c(c3)CCCC4)C2)cc(=O)o1. The van der Waals surface area contributed by atoms with Crippen LogP contribution in [0.1, 0.15) is 36.1 Å².